The van der Waals surface area contributed by atoms with Crippen molar-refractivity contribution in [2.45, 2.75) is 34.6 Å². The standard InChI is InChI=1S/C19H21FN2O2S/c1-22-18-7-6-15(25(23,24)14-4-2-13(20)3-5-14)12-17(18)16-8-10-21-11-9-19(16)22/h2-7,12,16,19,21H,8-11H2,1H3/t16-,19-/m1/s1. The van der Waals surface area contributed by atoms with E-state index in [9.17, 15) is 12.8 Å². The molecule has 2 aromatic rings. The van der Waals surface area contributed by atoms with E-state index in [1.807, 2.05) is 12.1 Å². The van der Waals surface area contributed by atoms with Crippen LogP contribution >= 0.6 is 0 Å². The van der Waals surface area contributed by atoms with Crippen molar-refractivity contribution in [2.24, 2.45) is 0 Å². The predicted molar refractivity (Wildman–Crippen MR) is 95.3 cm³/mol. The molecule has 0 radical (unpaired) electrons. The van der Waals surface area contributed by atoms with E-state index in [0.717, 1.165) is 37.2 Å². The van der Waals surface area contributed by atoms with Gasteiger partial charge in [-0.05, 0) is 74.0 Å². The smallest absolute Gasteiger partial charge is 0.206 e. The number of halogens is 1. The summed E-state index contributed by atoms with van der Waals surface area (Å²) in [6.45, 7) is 1.93. The number of nitrogens with zero attached hydrogens (tertiary/aromatic N) is 1. The van der Waals surface area contributed by atoms with Crippen LogP contribution < -0.4 is 10.2 Å². The molecule has 2 aromatic carbocycles. The summed E-state index contributed by atoms with van der Waals surface area (Å²) in [7, 11) is -1.56. The van der Waals surface area contributed by atoms with Crippen LogP contribution in [0.25, 0.3) is 0 Å². The van der Waals surface area contributed by atoms with Gasteiger partial charge in [-0.25, -0.2) is 12.8 Å². The molecule has 0 saturated carbocycles. The van der Waals surface area contributed by atoms with E-state index in [2.05, 4.69) is 17.3 Å². The van der Waals surface area contributed by atoms with Gasteiger partial charge in [0, 0.05) is 24.7 Å². The van der Waals surface area contributed by atoms with E-state index in [1.165, 1.54) is 24.3 Å². The third kappa shape index (κ3) is 2.73. The summed E-state index contributed by atoms with van der Waals surface area (Å²) < 4.78 is 38.9. The minimum absolute atomic E-state index is 0.124. The monoisotopic (exact) mass is 360 g/mol. The first-order valence-electron chi connectivity index (χ1n) is 8.56. The first-order valence-corrected chi connectivity index (χ1v) is 10.0. The average Bonchev–Trinajstić information content (AvgIpc) is 2.78. The maximum absolute atomic E-state index is 13.1. The number of anilines is 1. The second-order valence-corrected chi connectivity index (χ2v) is 8.74. The van der Waals surface area contributed by atoms with Crippen LogP contribution in [0.5, 0.6) is 0 Å². The molecule has 0 spiro atoms. The fourth-order valence-electron chi connectivity index (χ4n) is 4.10. The zero-order valence-corrected chi connectivity index (χ0v) is 14.9. The SMILES string of the molecule is CN1c2ccc(S(=O)(=O)c3ccc(F)cc3)cc2[C@H]2CCNCC[C@H]21. The van der Waals surface area contributed by atoms with Crippen LogP contribution in [0.2, 0.25) is 0 Å². The van der Waals surface area contributed by atoms with E-state index < -0.39 is 15.7 Å². The van der Waals surface area contributed by atoms with E-state index in [-0.39, 0.29) is 9.79 Å². The number of nitrogens with one attached hydrogen (secondary N) is 1. The molecule has 132 valence electrons. The molecule has 4 rings (SSSR count). The highest BCUT2D eigenvalue weighted by atomic mass is 32.2. The minimum atomic E-state index is -3.64. The number of rotatable bonds is 2. The van der Waals surface area contributed by atoms with Crippen molar-refractivity contribution >= 4 is 15.5 Å². The fourth-order valence-corrected chi connectivity index (χ4v) is 5.39. The van der Waals surface area contributed by atoms with Gasteiger partial charge in [0.05, 0.1) is 9.79 Å². The first-order chi connectivity index (χ1) is 12.0. The van der Waals surface area contributed by atoms with Crippen molar-refractivity contribution in [3.05, 3.63) is 53.8 Å². The first kappa shape index (κ1) is 16.5. The van der Waals surface area contributed by atoms with Crippen molar-refractivity contribution in [3.8, 4) is 0 Å². The van der Waals surface area contributed by atoms with E-state index in [4.69, 9.17) is 0 Å². The Morgan fingerprint density at radius 3 is 2.48 bits per heavy atom. The molecule has 25 heavy (non-hydrogen) atoms. The molecule has 2 atom stereocenters. The fraction of sp³-hybridized carbons (Fsp3) is 0.368. The predicted octanol–water partition coefficient (Wildman–Crippen LogP) is 2.94. The van der Waals surface area contributed by atoms with Gasteiger partial charge in [0.1, 0.15) is 5.82 Å². The van der Waals surface area contributed by atoms with Crippen LogP contribution in [-0.4, -0.2) is 34.6 Å². The molecule has 2 aliphatic rings. The van der Waals surface area contributed by atoms with Crippen LogP contribution in [0.1, 0.15) is 24.3 Å². The van der Waals surface area contributed by atoms with Gasteiger partial charge in [0.25, 0.3) is 0 Å². The minimum Gasteiger partial charge on any atom is -0.371 e. The number of fused-ring (bicyclic) bond motifs is 3. The van der Waals surface area contributed by atoms with Crippen LogP contribution in [-0.2, 0) is 9.84 Å². The number of benzene rings is 2. The third-order valence-electron chi connectivity index (χ3n) is 5.42. The lowest BCUT2D eigenvalue weighted by atomic mass is 9.91. The lowest BCUT2D eigenvalue weighted by Gasteiger charge is -2.24. The third-order valence-corrected chi connectivity index (χ3v) is 7.19. The second-order valence-electron chi connectivity index (χ2n) is 6.79. The van der Waals surface area contributed by atoms with Crippen molar-refractivity contribution in [1.29, 1.82) is 0 Å². The Labute approximate surface area is 147 Å². The Balaban J connectivity index is 1.77. The molecular formula is C19H21FN2O2S. The number of sulfone groups is 1. The number of hydrogen-bond donors (Lipinski definition) is 1. The molecule has 1 saturated heterocycles. The summed E-state index contributed by atoms with van der Waals surface area (Å²) in [6.07, 6.45) is 2.05. The summed E-state index contributed by atoms with van der Waals surface area (Å²) in [6, 6.07) is 10.8. The van der Waals surface area contributed by atoms with Crippen LogP contribution in [0.15, 0.2) is 52.3 Å². The molecule has 2 aliphatic heterocycles. The summed E-state index contributed by atoms with van der Waals surface area (Å²) in [4.78, 5) is 2.68. The van der Waals surface area contributed by atoms with E-state index >= 15 is 0 Å². The van der Waals surface area contributed by atoms with Gasteiger partial charge < -0.3 is 10.2 Å². The highest BCUT2D eigenvalue weighted by Gasteiger charge is 2.37. The maximum atomic E-state index is 13.1. The molecule has 0 unspecified atom stereocenters. The average molecular weight is 360 g/mol. The van der Waals surface area contributed by atoms with Crippen molar-refractivity contribution in [2.75, 3.05) is 25.0 Å². The van der Waals surface area contributed by atoms with Gasteiger partial charge in [-0.2, -0.15) is 0 Å². The summed E-state index contributed by atoms with van der Waals surface area (Å²) in [5.74, 6) is -0.0957. The molecule has 0 amide bonds. The molecule has 6 heteroatoms. The molecule has 4 nitrogen and oxygen atoms in total. The summed E-state index contributed by atoms with van der Waals surface area (Å²) in [5.41, 5.74) is 2.23. The van der Waals surface area contributed by atoms with Gasteiger partial charge in [-0.1, -0.05) is 0 Å². The molecule has 1 N–H and O–H groups in total. The largest absolute Gasteiger partial charge is 0.371 e. The Morgan fingerprint density at radius 1 is 1.04 bits per heavy atom. The summed E-state index contributed by atoms with van der Waals surface area (Å²) in [5, 5.41) is 3.42. The summed E-state index contributed by atoms with van der Waals surface area (Å²) >= 11 is 0. The van der Waals surface area contributed by atoms with Crippen molar-refractivity contribution in [1.82, 2.24) is 5.32 Å². The lowest BCUT2D eigenvalue weighted by Crippen LogP contribution is -2.30. The van der Waals surface area contributed by atoms with E-state index in [1.54, 1.807) is 6.07 Å². The topological polar surface area (TPSA) is 49.4 Å². The van der Waals surface area contributed by atoms with Gasteiger partial charge in [0.15, 0.2) is 0 Å². The second kappa shape index (κ2) is 6.11. The quantitative estimate of drug-likeness (QED) is 0.837. The molecule has 0 aromatic heterocycles. The Morgan fingerprint density at radius 2 is 1.72 bits per heavy atom. The normalized spacial score (nSPS) is 23.0. The Kier molecular flexibility index (Phi) is 4.04. The van der Waals surface area contributed by atoms with Gasteiger partial charge in [-0.3, -0.25) is 0 Å². The Hall–Kier alpha value is -1.92. The van der Waals surface area contributed by atoms with Gasteiger partial charge in [0.2, 0.25) is 9.84 Å². The molecular weight excluding hydrogens is 339 g/mol. The zero-order valence-electron chi connectivity index (χ0n) is 14.1. The van der Waals surface area contributed by atoms with E-state index in [0.29, 0.717) is 12.0 Å². The maximum Gasteiger partial charge on any atom is 0.206 e. The Bertz CT molecular complexity index is 896. The van der Waals surface area contributed by atoms with Crippen molar-refractivity contribution in [3.63, 3.8) is 0 Å². The van der Waals surface area contributed by atoms with Crippen molar-refractivity contribution < 1.29 is 12.8 Å². The van der Waals surface area contributed by atoms with Crippen LogP contribution in [0.4, 0.5) is 10.1 Å². The van der Waals surface area contributed by atoms with Gasteiger partial charge >= 0.3 is 0 Å². The number of hydrogen-bond acceptors (Lipinski definition) is 4. The van der Waals surface area contributed by atoms with Crippen LogP contribution in [0.3, 0.4) is 0 Å². The lowest BCUT2D eigenvalue weighted by molar-refractivity contribution is 0.531. The molecule has 2 heterocycles. The molecule has 0 aliphatic carbocycles. The highest BCUT2D eigenvalue weighted by molar-refractivity contribution is 7.91. The molecule has 0 bridgehead atoms. The number of likely N-dealkylation sites (N-methyl/N-ethyl adjacent to an activating group) is 1. The van der Waals surface area contributed by atoms with Gasteiger partial charge in [-0.15, -0.1) is 0 Å². The zero-order chi connectivity index (χ0) is 17.6. The highest BCUT2D eigenvalue weighted by Crippen LogP contribution is 2.44. The van der Waals surface area contributed by atoms with Crippen LogP contribution in [0, 0.1) is 5.82 Å². The molecule has 1 fully saturated rings.